The lowest BCUT2D eigenvalue weighted by Gasteiger charge is -1.94. The Kier molecular flexibility index (Phi) is 3.14. The van der Waals surface area contributed by atoms with Crippen molar-refractivity contribution >= 4 is 0 Å². The summed E-state index contributed by atoms with van der Waals surface area (Å²) in [4.78, 5) is 0. The average Bonchev–Trinajstić information content (AvgIpc) is 2.87. The Morgan fingerprint density at radius 2 is 2.40 bits per heavy atom. The molecule has 0 atom stereocenters. The number of aryl methyl sites for hydroxylation is 1. The van der Waals surface area contributed by atoms with E-state index in [2.05, 4.69) is 10.3 Å². The molecule has 0 amide bonds. The maximum absolute atomic E-state index is 5.42. The Balaban J connectivity index is 1.95. The predicted octanol–water partition coefficient (Wildman–Crippen LogP) is 0.811. The van der Waals surface area contributed by atoms with Gasteiger partial charge in [-0.2, -0.15) is 0 Å². The third kappa shape index (κ3) is 2.66. The van der Waals surface area contributed by atoms with Gasteiger partial charge < -0.3 is 10.2 Å². The van der Waals surface area contributed by atoms with E-state index < -0.39 is 0 Å². The van der Waals surface area contributed by atoms with Crippen LogP contribution in [0.5, 0.6) is 0 Å². The fourth-order valence-electron chi connectivity index (χ4n) is 1.38. The summed E-state index contributed by atoms with van der Waals surface area (Å²) in [5.74, 6) is 0.880. The van der Waals surface area contributed by atoms with Crippen LogP contribution in [0.25, 0.3) is 0 Å². The molecule has 0 aliphatic heterocycles. The number of nitrogens with two attached hydrogens (primary N) is 1. The van der Waals surface area contributed by atoms with E-state index in [0.717, 1.165) is 24.3 Å². The van der Waals surface area contributed by atoms with Crippen molar-refractivity contribution in [1.29, 1.82) is 0 Å². The number of furan rings is 1. The molecule has 80 valence electrons. The normalized spacial score (nSPS) is 10.7. The topological polar surface area (TPSA) is 69.9 Å². The summed E-state index contributed by atoms with van der Waals surface area (Å²) in [7, 11) is 0. The third-order valence-electron chi connectivity index (χ3n) is 2.12. The summed E-state index contributed by atoms with van der Waals surface area (Å²) in [5, 5.41) is 8.06. The summed E-state index contributed by atoms with van der Waals surface area (Å²) in [5.41, 5.74) is 6.40. The molecule has 2 N–H and O–H groups in total. The van der Waals surface area contributed by atoms with Gasteiger partial charge in [-0.15, -0.1) is 5.10 Å². The van der Waals surface area contributed by atoms with Crippen LogP contribution >= 0.6 is 0 Å². The van der Waals surface area contributed by atoms with Crippen molar-refractivity contribution in [2.45, 2.75) is 19.4 Å². The lowest BCUT2D eigenvalue weighted by Crippen LogP contribution is -2.00. The van der Waals surface area contributed by atoms with Crippen molar-refractivity contribution in [1.82, 2.24) is 15.0 Å². The smallest absolute Gasteiger partial charge is 0.125 e. The standard InChI is InChI=1S/C10H14N4O/c11-5-1-3-9-7-14(13-12-9)8-10-4-2-6-15-10/h2,4,6-7H,1,3,5,8,11H2. The van der Waals surface area contributed by atoms with Crippen LogP contribution in [0.4, 0.5) is 0 Å². The SMILES string of the molecule is NCCCc1cn(Cc2ccco2)nn1. The zero-order chi connectivity index (χ0) is 10.5. The summed E-state index contributed by atoms with van der Waals surface area (Å²) in [6.07, 6.45) is 5.41. The monoisotopic (exact) mass is 206 g/mol. The minimum absolute atomic E-state index is 0.628. The van der Waals surface area contributed by atoms with E-state index in [0.29, 0.717) is 13.1 Å². The number of hydrogen-bond donors (Lipinski definition) is 1. The van der Waals surface area contributed by atoms with E-state index in [4.69, 9.17) is 10.2 Å². The summed E-state index contributed by atoms with van der Waals surface area (Å²) in [6, 6.07) is 3.78. The fourth-order valence-corrected chi connectivity index (χ4v) is 1.38. The highest BCUT2D eigenvalue weighted by Gasteiger charge is 2.02. The van der Waals surface area contributed by atoms with E-state index in [1.807, 2.05) is 18.3 Å². The second kappa shape index (κ2) is 4.75. The summed E-state index contributed by atoms with van der Waals surface area (Å²) in [6.45, 7) is 1.31. The maximum atomic E-state index is 5.42. The predicted molar refractivity (Wildman–Crippen MR) is 55.2 cm³/mol. The maximum Gasteiger partial charge on any atom is 0.125 e. The van der Waals surface area contributed by atoms with Crippen LogP contribution in [0.1, 0.15) is 17.9 Å². The molecule has 2 aromatic heterocycles. The van der Waals surface area contributed by atoms with E-state index in [1.165, 1.54) is 0 Å². The van der Waals surface area contributed by atoms with E-state index in [9.17, 15) is 0 Å². The van der Waals surface area contributed by atoms with Gasteiger partial charge in [-0.3, -0.25) is 0 Å². The van der Waals surface area contributed by atoms with Crippen LogP contribution in [0.2, 0.25) is 0 Å². The lowest BCUT2D eigenvalue weighted by atomic mass is 10.2. The minimum Gasteiger partial charge on any atom is -0.467 e. The second-order valence-corrected chi connectivity index (χ2v) is 3.38. The molecule has 0 spiro atoms. The van der Waals surface area contributed by atoms with Gasteiger partial charge in [0.25, 0.3) is 0 Å². The lowest BCUT2D eigenvalue weighted by molar-refractivity contribution is 0.475. The van der Waals surface area contributed by atoms with E-state index in [1.54, 1.807) is 10.9 Å². The molecule has 2 aromatic rings. The van der Waals surface area contributed by atoms with E-state index >= 15 is 0 Å². The molecule has 5 heteroatoms. The highest BCUT2D eigenvalue weighted by molar-refractivity contribution is 5.00. The van der Waals surface area contributed by atoms with Crippen molar-refractivity contribution < 1.29 is 4.42 Å². The zero-order valence-electron chi connectivity index (χ0n) is 8.47. The Labute approximate surface area is 87.9 Å². The first-order valence-corrected chi connectivity index (χ1v) is 5.00. The Morgan fingerprint density at radius 3 is 3.13 bits per heavy atom. The van der Waals surface area contributed by atoms with Crippen molar-refractivity contribution in [2.75, 3.05) is 6.54 Å². The van der Waals surface area contributed by atoms with Crippen LogP contribution < -0.4 is 5.73 Å². The van der Waals surface area contributed by atoms with Crippen molar-refractivity contribution in [3.05, 3.63) is 36.0 Å². The Hall–Kier alpha value is -1.62. The molecule has 0 aromatic carbocycles. The van der Waals surface area contributed by atoms with Gasteiger partial charge in [-0.25, -0.2) is 4.68 Å². The Bertz CT molecular complexity index is 393. The van der Waals surface area contributed by atoms with Gasteiger partial charge in [0.15, 0.2) is 0 Å². The van der Waals surface area contributed by atoms with Gasteiger partial charge in [-0.05, 0) is 31.5 Å². The fraction of sp³-hybridized carbons (Fsp3) is 0.400. The van der Waals surface area contributed by atoms with Crippen LogP contribution in [-0.4, -0.2) is 21.5 Å². The quantitative estimate of drug-likeness (QED) is 0.786. The van der Waals surface area contributed by atoms with Gasteiger partial charge in [-0.1, -0.05) is 5.21 Å². The zero-order valence-corrected chi connectivity index (χ0v) is 8.47. The molecule has 5 nitrogen and oxygen atoms in total. The minimum atomic E-state index is 0.628. The van der Waals surface area contributed by atoms with Crippen LogP contribution in [0, 0.1) is 0 Å². The number of rotatable bonds is 5. The molecular formula is C10H14N4O. The molecule has 0 saturated heterocycles. The second-order valence-electron chi connectivity index (χ2n) is 3.38. The first kappa shape index (κ1) is 9.92. The molecule has 2 rings (SSSR count). The molecule has 0 bridgehead atoms. The molecule has 0 aliphatic rings. The number of aromatic nitrogens is 3. The molecule has 0 fully saturated rings. The molecule has 15 heavy (non-hydrogen) atoms. The molecule has 0 unspecified atom stereocenters. The summed E-state index contributed by atoms with van der Waals surface area (Å²) < 4.78 is 6.99. The van der Waals surface area contributed by atoms with Gasteiger partial charge in [0.05, 0.1) is 12.0 Å². The van der Waals surface area contributed by atoms with Crippen molar-refractivity contribution in [2.24, 2.45) is 5.73 Å². The largest absolute Gasteiger partial charge is 0.467 e. The summed E-state index contributed by atoms with van der Waals surface area (Å²) >= 11 is 0. The molecular weight excluding hydrogens is 192 g/mol. The highest BCUT2D eigenvalue weighted by Crippen LogP contribution is 2.03. The van der Waals surface area contributed by atoms with Crippen molar-refractivity contribution in [3.8, 4) is 0 Å². The Morgan fingerprint density at radius 1 is 1.47 bits per heavy atom. The van der Waals surface area contributed by atoms with Crippen molar-refractivity contribution in [3.63, 3.8) is 0 Å². The molecule has 0 aliphatic carbocycles. The molecule has 2 heterocycles. The first-order chi connectivity index (χ1) is 7.38. The average molecular weight is 206 g/mol. The molecule has 0 saturated carbocycles. The van der Waals surface area contributed by atoms with E-state index in [-0.39, 0.29) is 0 Å². The molecule has 0 radical (unpaired) electrons. The first-order valence-electron chi connectivity index (χ1n) is 5.00. The third-order valence-corrected chi connectivity index (χ3v) is 2.12. The van der Waals surface area contributed by atoms with Crippen LogP contribution in [0.15, 0.2) is 29.0 Å². The van der Waals surface area contributed by atoms with Crippen LogP contribution in [0.3, 0.4) is 0 Å². The van der Waals surface area contributed by atoms with Gasteiger partial charge in [0.1, 0.15) is 12.3 Å². The number of hydrogen-bond acceptors (Lipinski definition) is 4. The van der Waals surface area contributed by atoms with Gasteiger partial charge in [0.2, 0.25) is 0 Å². The van der Waals surface area contributed by atoms with Gasteiger partial charge in [0, 0.05) is 6.20 Å². The van der Waals surface area contributed by atoms with Gasteiger partial charge >= 0.3 is 0 Å². The number of nitrogens with zero attached hydrogens (tertiary/aromatic N) is 3. The highest BCUT2D eigenvalue weighted by atomic mass is 16.3. The van der Waals surface area contributed by atoms with Crippen LogP contribution in [-0.2, 0) is 13.0 Å².